The maximum atomic E-state index is 13.2. The fourth-order valence-corrected chi connectivity index (χ4v) is 2.86. The molecule has 6 nitrogen and oxygen atoms in total. The summed E-state index contributed by atoms with van der Waals surface area (Å²) in [5, 5.41) is 2.58. The fourth-order valence-electron chi connectivity index (χ4n) is 1.79. The van der Waals surface area contributed by atoms with E-state index in [4.69, 9.17) is 0 Å². The number of pyridine rings is 1. The van der Waals surface area contributed by atoms with Gasteiger partial charge in [0.2, 0.25) is 15.9 Å². The van der Waals surface area contributed by atoms with Gasteiger partial charge in [-0.05, 0) is 42.3 Å². The Morgan fingerprint density at radius 3 is 2.74 bits per heavy atom. The quantitative estimate of drug-likeness (QED) is 0.827. The smallest absolute Gasteiger partial charge is 0.241 e. The van der Waals surface area contributed by atoms with Crippen LogP contribution in [0.1, 0.15) is 11.1 Å². The zero-order valence-electron chi connectivity index (χ0n) is 12.4. The summed E-state index contributed by atoms with van der Waals surface area (Å²) < 4.78 is 39.5. The second kappa shape index (κ2) is 7.30. The lowest BCUT2D eigenvalue weighted by molar-refractivity contribution is -0.120. The molecule has 122 valence electrons. The number of carbonyl (C=O) groups excluding carboxylic acids is 1. The minimum atomic E-state index is -3.87. The zero-order chi connectivity index (χ0) is 16.9. The predicted octanol–water partition coefficient (Wildman–Crippen LogP) is 1.12. The summed E-state index contributed by atoms with van der Waals surface area (Å²) in [5.41, 5.74) is 1.02. The highest BCUT2D eigenvalue weighted by molar-refractivity contribution is 7.89. The summed E-state index contributed by atoms with van der Waals surface area (Å²) in [6.45, 7) is 1.32. The lowest BCUT2D eigenvalue weighted by Crippen LogP contribution is -2.36. The number of nitrogens with one attached hydrogen (secondary N) is 2. The zero-order valence-corrected chi connectivity index (χ0v) is 13.2. The minimum Gasteiger partial charge on any atom is -0.351 e. The van der Waals surface area contributed by atoms with Gasteiger partial charge in [0.05, 0.1) is 11.4 Å². The molecule has 2 rings (SSSR count). The Balaban J connectivity index is 1.91. The van der Waals surface area contributed by atoms with Gasteiger partial charge >= 0.3 is 0 Å². The predicted molar refractivity (Wildman–Crippen MR) is 82.4 cm³/mol. The molecular formula is C15H16FN3O3S. The van der Waals surface area contributed by atoms with Gasteiger partial charge in [-0.25, -0.2) is 17.5 Å². The minimum absolute atomic E-state index is 0.0866. The van der Waals surface area contributed by atoms with Crippen molar-refractivity contribution < 1.29 is 17.6 Å². The van der Waals surface area contributed by atoms with Gasteiger partial charge in [-0.2, -0.15) is 0 Å². The van der Waals surface area contributed by atoms with Gasteiger partial charge in [-0.3, -0.25) is 9.78 Å². The fraction of sp³-hybridized carbons (Fsp3) is 0.200. The SMILES string of the molecule is Cc1cc(S(=O)(=O)NCC(=O)NCc2cccnc2)ccc1F. The normalized spacial score (nSPS) is 11.2. The number of aromatic nitrogens is 1. The first-order valence-corrected chi connectivity index (χ1v) is 8.28. The van der Waals surface area contributed by atoms with E-state index in [9.17, 15) is 17.6 Å². The van der Waals surface area contributed by atoms with E-state index in [1.165, 1.54) is 13.0 Å². The van der Waals surface area contributed by atoms with Crippen LogP contribution in [0.15, 0.2) is 47.6 Å². The Morgan fingerprint density at radius 1 is 1.30 bits per heavy atom. The van der Waals surface area contributed by atoms with E-state index in [0.717, 1.165) is 17.7 Å². The molecule has 1 aromatic heterocycles. The largest absolute Gasteiger partial charge is 0.351 e. The number of hydrogen-bond acceptors (Lipinski definition) is 4. The number of amides is 1. The van der Waals surface area contributed by atoms with Gasteiger partial charge in [-0.15, -0.1) is 0 Å². The highest BCUT2D eigenvalue weighted by atomic mass is 32.2. The van der Waals surface area contributed by atoms with Crippen LogP contribution in [0.4, 0.5) is 4.39 Å². The molecule has 0 atom stereocenters. The van der Waals surface area contributed by atoms with E-state index in [-0.39, 0.29) is 17.0 Å². The van der Waals surface area contributed by atoms with Gasteiger partial charge in [0, 0.05) is 18.9 Å². The molecule has 0 unspecified atom stereocenters. The lowest BCUT2D eigenvalue weighted by atomic mass is 10.2. The number of rotatable bonds is 6. The van der Waals surface area contributed by atoms with E-state index < -0.39 is 28.3 Å². The summed E-state index contributed by atoms with van der Waals surface area (Å²) in [5.74, 6) is -0.963. The average Bonchev–Trinajstić information content (AvgIpc) is 2.54. The Kier molecular flexibility index (Phi) is 5.41. The van der Waals surface area contributed by atoms with Crippen LogP contribution >= 0.6 is 0 Å². The molecule has 23 heavy (non-hydrogen) atoms. The molecule has 0 aliphatic carbocycles. The molecule has 0 aliphatic heterocycles. The number of sulfonamides is 1. The van der Waals surface area contributed by atoms with E-state index in [1.807, 2.05) is 0 Å². The second-order valence-corrected chi connectivity index (χ2v) is 6.64. The Bertz CT molecular complexity index is 795. The standard InChI is InChI=1S/C15H16FN3O3S/c1-11-7-13(4-5-14(11)16)23(21,22)19-10-15(20)18-9-12-3-2-6-17-8-12/h2-8,19H,9-10H2,1H3,(H,18,20). The molecule has 0 saturated heterocycles. The average molecular weight is 337 g/mol. The Labute approximate surface area is 133 Å². The van der Waals surface area contributed by atoms with Crippen molar-refractivity contribution in [1.82, 2.24) is 15.0 Å². The summed E-state index contributed by atoms with van der Waals surface area (Å²) in [7, 11) is -3.87. The van der Waals surface area contributed by atoms with E-state index in [1.54, 1.807) is 24.5 Å². The number of nitrogens with zero attached hydrogens (tertiary/aromatic N) is 1. The van der Waals surface area contributed by atoms with Gasteiger partial charge in [-0.1, -0.05) is 6.07 Å². The summed E-state index contributed by atoms with van der Waals surface area (Å²) in [4.78, 5) is 15.5. The number of carbonyl (C=O) groups is 1. The first-order valence-electron chi connectivity index (χ1n) is 6.80. The van der Waals surface area contributed by atoms with Crippen molar-refractivity contribution in [2.45, 2.75) is 18.4 Å². The van der Waals surface area contributed by atoms with Crippen LogP contribution in [0.3, 0.4) is 0 Å². The lowest BCUT2D eigenvalue weighted by Gasteiger charge is -2.08. The number of halogens is 1. The van der Waals surface area contributed by atoms with Gasteiger partial charge < -0.3 is 5.32 Å². The van der Waals surface area contributed by atoms with E-state index >= 15 is 0 Å². The third kappa shape index (κ3) is 4.83. The van der Waals surface area contributed by atoms with E-state index in [2.05, 4.69) is 15.0 Å². The van der Waals surface area contributed by atoms with Crippen LogP contribution < -0.4 is 10.0 Å². The van der Waals surface area contributed by atoms with Gasteiger partial charge in [0.25, 0.3) is 0 Å². The molecule has 1 heterocycles. The summed E-state index contributed by atoms with van der Waals surface area (Å²) in [6, 6.07) is 6.97. The van der Waals surface area contributed by atoms with Crippen molar-refractivity contribution in [3.05, 3.63) is 59.7 Å². The Hall–Kier alpha value is -2.32. The van der Waals surface area contributed by atoms with Crippen molar-refractivity contribution in [3.8, 4) is 0 Å². The van der Waals surface area contributed by atoms with Crippen molar-refractivity contribution in [2.24, 2.45) is 0 Å². The molecule has 0 fully saturated rings. The third-order valence-electron chi connectivity index (χ3n) is 3.07. The molecule has 0 radical (unpaired) electrons. The van der Waals surface area contributed by atoms with Crippen molar-refractivity contribution in [2.75, 3.05) is 6.54 Å². The number of benzene rings is 1. The molecule has 0 aliphatic rings. The molecule has 1 aromatic carbocycles. The number of hydrogen-bond donors (Lipinski definition) is 2. The molecule has 0 bridgehead atoms. The molecule has 0 saturated carbocycles. The maximum absolute atomic E-state index is 13.2. The van der Waals surface area contributed by atoms with Crippen LogP contribution in [-0.2, 0) is 21.4 Å². The Morgan fingerprint density at radius 2 is 2.09 bits per heavy atom. The first-order chi connectivity index (χ1) is 10.9. The molecule has 8 heteroatoms. The monoisotopic (exact) mass is 337 g/mol. The van der Waals surface area contributed by atoms with Crippen LogP contribution in [0.5, 0.6) is 0 Å². The topological polar surface area (TPSA) is 88.2 Å². The van der Waals surface area contributed by atoms with Gasteiger partial charge in [0.1, 0.15) is 5.82 Å². The molecule has 2 aromatic rings. The maximum Gasteiger partial charge on any atom is 0.241 e. The van der Waals surface area contributed by atoms with Crippen molar-refractivity contribution in [3.63, 3.8) is 0 Å². The van der Waals surface area contributed by atoms with Crippen LogP contribution in [-0.4, -0.2) is 25.9 Å². The summed E-state index contributed by atoms with van der Waals surface area (Å²) in [6.07, 6.45) is 3.22. The van der Waals surface area contributed by atoms with Crippen LogP contribution in [0.2, 0.25) is 0 Å². The summed E-state index contributed by atoms with van der Waals surface area (Å²) >= 11 is 0. The van der Waals surface area contributed by atoms with E-state index in [0.29, 0.717) is 0 Å². The second-order valence-electron chi connectivity index (χ2n) is 4.87. The first kappa shape index (κ1) is 17.0. The molecule has 1 amide bonds. The highest BCUT2D eigenvalue weighted by Crippen LogP contribution is 2.13. The third-order valence-corrected chi connectivity index (χ3v) is 4.47. The van der Waals surface area contributed by atoms with Crippen LogP contribution in [0, 0.1) is 12.7 Å². The number of aryl methyl sites for hydroxylation is 1. The highest BCUT2D eigenvalue weighted by Gasteiger charge is 2.16. The van der Waals surface area contributed by atoms with Crippen molar-refractivity contribution >= 4 is 15.9 Å². The molecular weight excluding hydrogens is 321 g/mol. The molecule has 2 N–H and O–H groups in total. The van der Waals surface area contributed by atoms with Gasteiger partial charge in [0.15, 0.2) is 0 Å². The van der Waals surface area contributed by atoms with Crippen LogP contribution in [0.25, 0.3) is 0 Å². The van der Waals surface area contributed by atoms with Crippen molar-refractivity contribution in [1.29, 1.82) is 0 Å². The molecule has 0 spiro atoms.